The monoisotopic (exact) mass is 258 g/mol. The molecule has 1 atom stereocenters. The van der Waals surface area contributed by atoms with Crippen LogP contribution in [0.3, 0.4) is 0 Å². The first kappa shape index (κ1) is 12.7. The van der Waals surface area contributed by atoms with Crippen LogP contribution in [-0.4, -0.2) is 14.2 Å². The van der Waals surface area contributed by atoms with Gasteiger partial charge in [0.1, 0.15) is 11.9 Å². The first-order valence-corrected chi connectivity index (χ1v) is 7.26. The number of hydrogen-bond acceptors (Lipinski definition) is 2. The second-order valence-corrected chi connectivity index (χ2v) is 5.55. The van der Waals surface area contributed by atoms with Crippen molar-refractivity contribution in [1.82, 2.24) is 0 Å². The van der Waals surface area contributed by atoms with E-state index < -0.39 is 0 Å². The van der Waals surface area contributed by atoms with E-state index in [4.69, 9.17) is 9.47 Å². The molecule has 2 aliphatic rings. The Morgan fingerprint density at radius 1 is 1.00 bits per heavy atom. The van der Waals surface area contributed by atoms with Gasteiger partial charge < -0.3 is 9.47 Å². The van der Waals surface area contributed by atoms with Gasteiger partial charge in [0.05, 0.1) is 7.11 Å². The number of rotatable bonds is 3. The van der Waals surface area contributed by atoms with Crippen LogP contribution in [0.25, 0.3) is 6.08 Å². The van der Waals surface area contributed by atoms with E-state index in [-0.39, 0.29) is 6.10 Å². The van der Waals surface area contributed by atoms with Crippen molar-refractivity contribution in [3.05, 3.63) is 40.6 Å². The van der Waals surface area contributed by atoms with Crippen LogP contribution in [0.2, 0.25) is 0 Å². The van der Waals surface area contributed by atoms with E-state index in [0.717, 1.165) is 5.76 Å². The maximum atomic E-state index is 5.59. The van der Waals surface area contributed by atoms with Gasteiger partial charge >= 0.3 is 0 Å². The Labute approximate surface area is 115 Å². The summed E-state index contributed by atoms with van der Waals surface area (Å²) in [6.45, 7) is 0. The van der Waals surface area contributed by atoms with Gasteiger partial charge in [-0.05, 0) is 41.5 Å². The molecule has 1 aromatic carbocycles. The number of methoxy groups -OCH3 is 2. The average molecular weight is 258 g/mol. The van der Waals surface area contributed by atoms with Gasteiger partial charge in [-0.3, -0.25) is 0 Å². The molecule has 3 rings (SSSR count). The van der Waals surface area contributed by atoms with Crippen molar-refractivity contribution in [1.29, 1.82) is 0 Å². The van der Waals surface area contributed by atoms with Gasteiger partial charge in [-0.1, -0.05) is 37.5 Å². The highest BCUT2D eigenvalue weighted by atomic mass is 16.5. The maximum Gasteiger partial charge on any atom is 0.140 e. The number of hydrogen-bond donors (Lipinski definition) is 0. The van der Waals surface area contributed by atoms with E-state index in [1.54, 1.807) is 14.2 Å². The van der Waals surface area contributed by atoms with Gasteiger partial charge in [-0.15, -0.1) is 0 Å². The summed E-state index contributed by atoms with van der Waals surface area (Å²) >= 11 is 0. The highest BCUT2D eigenvalue weighted by Gasteiger charge is 2.29. The quantitative estimate of drug-likeness (QED) is 0.799. The Morgan fingerprint density at radius 3 is 2.42 bits per heavy atom. The van der Waals surface area contributed by atoms with Crippen molar-refractivity contribution in [2.24, 2.45) is 0 Å². The second kappa shape index (κ2) is 5.38. The molecule has 0 saturated heterocycles. The van der Waals surface area contributed by atoms with Crippen molar-refractivity contribution in [2.45, 2.75) is 44.1 Å². The van der Waals surface area contributed by atoms with Gasteiger partial charge in [0, 0.05) is 7.11 Å². The average Bonchev–Trinajstić information content (AvgIpc) is 2.85. The van der Waals surface area contributed by atoms with E-state index in [0.29, 0.717) is 5.92 Å². The van der Waals surface area contributed by atoms with Crippen molar-refractivity contribution in [3.63, 3.8) is 0 Å². The fourth-order valence-electron chi connectivity index (χ4n) is 3.55. The lowest BCUT2D eigenvalue weighted by Crippen LogP contribution is -2.07. The van der Waals surface area contributed by atoms with Crippen LogP contribution in [0.4, 0.5) is 0 Å². The van der Waals surface area contributed by atoms with E-state index >= 15 is 0 Å². The zero-order valence-electron chi connectivity index (χ0n) is 11.8. The molecule has 2 heteroatoms. The molecule has 0 N–H and O–H groups in total. The number of ether oxygens (including phenoxy) is 2. The predicted molar refractivity (Wildman–Crippen MR) is 77.0 cm³/mol. The molecule has 0 aliphatic heterocycles. The smallest absolute Gasteiger partial charge is 0.140 e. The SMILES string of the molecule is COC1=Cc2c(C3CCCCC3)cccc2C1OC. The summed E-state index contributed by atoms with van der Waals surface area (Å²) < 4.78 is 11.1. The predicted octanol–water partition coefficient (Wildman–Crippen LogP) is 4.42. The number of fused-ring (bicyclic) bond motifs is 1. The zero-order chi connectivity index (χ0) is 13.2. The van der Waals surface area contributed by atoms with Crippen LogP contribution in [0, 0.1) is 0 Å². The standard InChI is InChI=1S/C17H22O2/c1-18-16-11-15-13(12-7-4-3-5-8-12)9-6-10-14(15)17(16)19-2/h6,9-12,17H,3-5,7-8H2,1-2H3. The topological polar surface area (TPSA) is 18.5 Å². The highest BCUT2D eigenvalue weighted by Crippen LogP contribution is 2.43. The maximum absolute atomic E-state index is 5.59. The summed E-state index contributed by atoms with van der Waals surface area (Å²) in [6.07, 6.45) is 8.92. The first-order valence-electron chi connectivity index (χ1n) is 7.26. The molecular formula is C17H22O2. The Bertz CT molecular complexity index is 484. The fourth-order valence-corrected chi connectivity index (χ4v) is 3.55. The van der Waals surface area contributed by atoms with E-state index in [1.165, 1.54) is 48.8 Å². The molecule has 0 aromatic heterocycles. The van der Waals surface area contributed by atoms with Crippen LogP contribution < -0.4 is 0 Å². The molecule has 0 heterocycles. The third-order valence-electron chi connectivity index (χ3n) is 4.52. The highest BCUT2D eigenvalue weighted by molar-refractivity contribution is 5.67. The van der Waals surface area contributed by atoms with Crippen LogP contribution >= 0.6 is 0 Å². The van der Waals surface area contributed by atoms with Crippen LogP contribution in [0.15, 0.2) is 24.0 Å². The summed E-state index contributed by atoms with van der Waals surface area (Å²) in [5.41, 5.74) is 4.10. The molecule has 0 amide bonds. The van der Waals surface area contributed by atoms with Gasteiger partial charge in [-0.25, -0.2) is 0 Å². The minimum atomic E-state index is -0.0245. The summed E-state index contributed by atoms with van der Waals surface area (Å²) in [7, 11) is 3.48. The van der Waals surface area contributed by atoms with Crippen molar-refractivity contribution >= 4 is 6.08 Å². The molecule has 0 radical (unpaired) electrons. The Morgan fingerprint density at radius 2 is 1.74 bits per heavy atom. The van der Waals surface area contributed by atoms with E-state index in [1.807, 2.05) is 0 Å². The largest absolute Gasteiger partial charge is 0.498 e. The van der Waals surface area contributed by atoms with Crippen LogP contribution in [0.1, 0.15) is 60.8 Å². The third kappa shape index (κ3) is 2.18. The third-order valence-corrected chi connectivity index (χ3v) is 4.52. The zero-order valence-corrected chi connectivity index (χ0v) is 11.8. The van der Waals surface area contributed by atoms with Crippen LogP contribution in [0.5, 0.6) is 0 Å². The second-order valence-electron chi connectivity index (χ2n) is 5.55. The Hall–Kier alpha value is -1.28. The normalized spacial score (nSPS) is 23.1. The molecule has 0 spiro atoms. The van der Waals surface area contributed by atoms with Crippen molar-refractivity contribution in [2.75, 3.05) is 14.2 Å². The molecule has 19 heavy (non-hydrogen) atoms. The summed E-state index contributed by atoms with van der Waals surface area (Å²) in [5.74, 6) is 1.65. The number of benzene rings is 1. The molecule has 1 fully saturated rings. The van der Waals surface area contributed by atoms with E-state index in [2.05, 4.69) is 24.3 Å². The molecule has 2 aliphatic carbocycles. The van der Waals surface area contributed by atoms with Gasteiger partial charge in [0.15, 0.2) is 0 Å². The molecule has 0 bridgehead atoms. The minimum Gasteiger partial charge on any atom is -0.498 e. The molecule has 102 valence electrons. The molecule has 1 aromatic rings. The minimum absolute atomic E-state index is 0.0245. The Kier molecular flexibility index (Phi) is 3.61. The lowest BCUT2D eigenvalue weighted by Gasteiger charge is -2.24. The molecular weight excluding hydrogens is 236 g/mol. The molecule has 1 saturated carbocycles. The van der Waals surface area contributed by atoms with Crippen molar-refractivity contribution in [3.8, 4) is 0 Å². The summed E-state index contributed by atoms with van der Waals surface area (Å²) in [5, 5.41) is 0. The lowest BCUT2D eigenvalue weighted by atomic mass is 9.81. The first-order chi connectivity index (χ1) is 9.35. The summed E-state index contributed by atoms with van der Waals surface area (Å²) in [4.78, 5) is 0. The molecule has 2 nitrogen and oxygen atoms in total. The Balaban J connectivity index is 2.00. The van der Waals surface area contributed by atoms with Gasteiger partial charge in [0.2, 0.25) is 0 Å². The van der Waals surface area contributed by atoms with Gasteiger partial charge in [-0.2, -0.15) is 0 Å². The molecule has 1 unspecified atom stereocenters. The fraction of sp³-hybridized carbons (Fsp3) is 0.529. The lowest BCUT2D eigenvalue weighted by molar-refractivity contribution is 0.0840. The van der Waals surface area contributed by atoms with Gasteiger partial charge in [0.25, 0.3) is 0 Å². The van der Waals surface area contributed by atoms with Crippen molar-refractivity contribution < 1.29 is 9.47 Å². The summed E-state index contributed by atoms with van der Waals surface area (Å²) in [6, 6.07) is 6.62. The van der Waals surface area contributed by atoms with E-state index in [9.17, 15) is 0 Å². The van der Waals surface area contributed by atoms with Crippen LogP contribution in [-0.2, 0) is 9.47 Å².